The Morgan fingerprint density at radius 3 is 2.58 bits per heavy atom. The van der Waals surface area contributed by atoms with E-state index in [1.807, 2.05) is 12.1 Å². The second-order valence-corrected chi connectivity index (χ2v) is 9.78. The topological polar surface area (TPSA) is 123 Å². The van der Waals surface area contributed by atoms with Gasteiger partial charge in [-0.3, -0.25) is 0 Å². The van der Waals surface area contributed by atoms with Gasteiger partial charge in [-0.25, -0.2) is 14.8 Å². The van der Waals surface area contributed by atoms with Gasteiger partial charge >= 0.3 is 6.03 Å². The van der Waals surface area contributed by atoms with Gasteiger partial charge in [0.1, 0.15) is 11.9 Å². The van der Waals surface area contributed by atoms with Gasteiger partial charge in [0.25, 0.3) is 0 Å². The average molecular weight is 513 g/mol. The summed E-state index contributed by atoms with van der Waals surface area (Å²) < 4.78 is 5.44. The first-order valence-electron chi connectivity index (χ1n) is 13.1. The molecule has 1 aromatic heterocycles. The maximum absolute atomic E-state index is 12.5. The minimum Gasteiger partial charge on any atom is -0.393 e. The summed E-state index contributed by atoms with van der Waals surface area (Å²) in [5.41, 5.74) is 4.61. The number of urea groups is 1. The van der Waals surface area contributed by atoms with Crippen LogP contribution in [0.5, 0.6) is 0 Å². The predicted molar refractivity (Wildman–Crippen MR) is 145 cm³/mol. The average Bonchev–Trinajstić information content (AvgIpc) is 2.95. The second kappa shape index (κ2) is 12.0. The van der Waals surface area contributed by atoms with Crippen molar-refractivity contribution in [3.63, 3.8) is 0 Å². The Morgan fingerprint density at radius 1 is 1.08 bits per heavy atom. The van der Waals surface area contributed by atoms with Crippen LogP contribution in [0.1, 0.15) is 42.6 Å². The molecule has 2 fully saturated rings. The lowest BCUT2D eigenvalue weighted by Gasteiger charge is -2.28. The van der Waals surface area contributed by atoms with Crippen LogP contribution in [-0.2, 0) is 11.2 Å². The number of carbonyl (C=O) groups is 1. The van der Waals surface area contributed by atoms with Crippen LogP contribution >= 0.6 is 0 Å². The van der Waals surface area contributed by atoms with Crippen molar-refractivity contribution in [3.8, 4) is 17.3 Å². The summed E-state index contributed by atoms with van der Waals surface area (Å²) in [6.07, 6.45) is 4.90. The Labute approximate surface area is 222 Å². The minimum absolute atomic E-state index is 0.0261. The van der Waals surface area contributed by atoms with Crippen LogP contribution in [0, 0.1) is 11.3 Å². The van der Waals surface area contributed by atoms with Gasteiger partial charge in [0.05, 0.1) is 36.3 Å². The summed E-state index contributed by atoms with van der Waals surface area (Å²) in [5, 5.41) is 25.1. The zero-order chi connectivity index (χ0) is 26.3. The molecule has 0 radical (unpaired) electrons. The molecule has 0 atom stereocenters. The van der Waals surface area contributed by atoms with E-state index >= 15 is 0 Å². The summed E-state index contributed by atoms with van der Waals surface area (Å²) in [7, 11) is 0. The van der Waals surface area contributed by atoms with Gasteiger partial charge in [0.15, 0.2) is 0 Å². The van der Waals surface area contributed by atoms with Crippen LogP contribution in [0.15, 0.2) is 54.7 Å². The van der Waals surface area contributed by atoms with Crippen molar-refractivity contribution >= 4 is 17.4 Å². The zero-order valence-corrected chi connectivity index (χ0v) is 21.3. The van der Waals surface area contributed by atoms with Crippen LogP contribution in [0.2, 0.25) is 0 Å². The number of benzene rings is 2. The molecule has 3 aromatic rings. The van der Waals surface area contributed by atoms with Gasteiger partial charge in [-0.15, -0.1) is 0 Å². The third-order valence-corrected chi connectivity index (χ3v) is 7.10. The van der Waals surface area contributed by atoms with Gasteiger partial charge < -0.3 is 25.4 Å². The number of amides is 2. The van der Waals surface area contributed by atoms with Crippen molar-refractivity contribution in [2.24, 2.45) is 0 Å². The lowest BCUT2D eigenvalue weighted by molar-refractivity contribution is 0.118. The third kappa shape index (κ3) is 6.46. The molecule has 38 heavy (non-hydrogen) atoms. The number of nitrogens with zero attached hydrogens (tertiary/aromatic N) is 4. The molecule has 2 amide bonds. The molecule has 0 spiro atoms. The minimum atomic E-state index is -0.348. The van der Waals surface area contributed by atoms with Crippen molar-refractivity contribution < 1.29 is 14.6 Å². The van der Waals surface area contributed by atoms with Gasteiger partial charge in [0, 0.05) is 43.0 Å². The number of aliphatic hydroxyl groups is 1. The van der Waals surface area contributed by atoms with Gasteiger partial charge in [-0.05, 0) is 61.6 Å². The molecule has 2 aromatic carbocycles. The fourth-order valence-electron chi connectivity index (χ4n) is 4.94. The number of nitrogens with one attached hydrogen (secondary N) is 2. The van der Waals surface area contributed by atoms with Crippen LogP contribution < -0.4 is 15.5 Å². The highest BCUT2D eigenvalue weighted by Gasteiger charge is 2.21. The van der Waals surface area contributed by atoms with Crippen molar-refractivity contribution in [2.75, 3.05) is 36.5 Å². The molecule has 1 aliphatic heterocycles. The maximum Gasteiger partial charge on any atom is 0.319 e. The summed E-state index contributed by atoms with van der Waals surface area (Å²) in [6, 6.07) is 17.4. The number of carbonyl (C=O) groups excluding carboxylic acids is 1. The molecule has 3 N–H and O–H groups in total. The third-order valence-electron chi connectivity index (χ3n) is 7.10. The number of rotatable bonds is 6. The van der Waals surface area contributed by atoms with Gasteiger partial charge in [-0.1, -0.05) is 18.2 Å². The van der Waals surface area contributed by atoms with E-state index in [0.29, 0.717) is 42.0 Å². The maximum atomic E-state index is 12.5. The number of ether oxygens (including phenoxy) is 1. The Hall–Kier alpha value is -4.00. The first-order valence-corrected chi connectivity index (χ1v) is 13.1. The van der Waals surface area contributed by atoms with E-state index in [2.05, 4.69) is 50.9 Å². The van der Waals surface area contributed by atoms with Crippen molar-refractivity contribution in [3.05, 3.63) is 71.7 Å². The van der Waals surface area contributed by atoms with E-state index in [4.69, 9.17) is 9.72 Å². The van der Waals surface area contributed by atoms with Crippen LogP contribution in [0.25, 0.3) is 11.3 Å². The SMILES string of the molecule is N#Cc1cc(-c2ccnc(Cc3ccc(N4CCOCC4)cc3)n2)ccc1NC(=O)NC1CCC(O)CC1. The first kappa shape index (κ1) is 25.6. The van der Waals surface area contributed by atoms with Crippen LogP contribution in [-0.4, -0.2) is 59.6 Å². The molecule has 0 unspecified atom stereocenters. The molecular weight excluding hydrogens is 480 g/mol. The normalized spacial score (nSPS) is 19.4. The molecular formula is C29H32N6O3. The standard InChI is InChI=1S/C29H32N6O3/c30-19-22-18-21(3-10-26(22)34-29(37)32-23-4-8-25(36)9-5-23)27-11-12-31-28(33-27)17-20-1-6-24(7-2-20)35-13-15-38-16-14-35/h1-3,6-7,10-12,18,23,25,36H,4-5,8-9,13-17H2,(H2,32,34,37). The van der Waals surface area contributed by atoms with Crippen LogP contribution in [0.4, 0.5) is 16.2 Å². The summed E-state index contributed by atoms with van der Waals surface area (Å²) in [5.74, 6) is 0.694. The Morgan fingerprint density at radius 2 is 1.84 bits per heavy atom. The van der Waals surface area contributed by atoms with E-state index in [9.17, 15) is 15.2 Å². The molecule has 1 saturated heterocycles. The van der Waals surface area contributed by atoms with E-state index in [0.717, 1.165) is 50.3 Å². The largest absolute Gasteiger partial charge is 0.393 e. The lowest BCUT2D eigenvalue weighted by Crippen LogP contribution is -2.41. The molecule has 196 valence electrons. The number of aliphatic hydroxyl groups excluding tert-OH is 1. The molecule has 2 heterocycles. The Kier molecular flexibility index (Phi) is 8.12. The van der Waals surface area contributed by atoms with Crippen LogP contribution in [0.3, 0.4) is 0 Å². The number of morpholine rings is 1. The number of anilines is 2. The van der Waals surface area contributed by atoms with Gasteiger partial charge in [-0.2, -0.15) is 5.26 Å². The zero-order valence-electron chi connectivity index (χ0n) is 21.3. The molecule has 9 heteroatoms. The van der Waals surface area contributed by atoms with Crippen molar-refractivity contribution in [1.29, 1.82) is 5.26 Å². The Balaban J connectivity index is 1.24. The highest BCUT2D eigenvalue weighted by Crippen LogP contribution is 2.25. The van der Waals surface area contributed by atoms with Crippen molar-refractivity contribution in [1.82, 2.24) is 15.3 Å². The number of hydrogen-bond donors (Lipinski definition) is 3. The molecule has 9 nitrogen and oxygen atoms in total. The van der Waals surface area contributed by atoms with E-state index in [1.165, 1.54) is 5.69 Å². The molecule has 1 saturated carbocycles. The molecule has 5 rings (SSSR count). The highest BCUT2D eigenvalue weighted by molar-refractivity contribution is 5.91. The number of aromatic nitrogens is 2. The second-order valence-electron chi connectivity index (χ2n) is 9.78. The first-order chi connectivity index (χ1) is 18.6. The molecule has 0 bridgehead atoms. The fraction of sp³-hybridized carbons (Fsp3) is 0.379. The number of nitriles is 1. The lowest BCUT2D eigenvalue weighted by atomic mass is 9.93. The van der Waals surface area contributed by atoms with Gasteiger partial charge in [0.2, 0.25) is 0 Å². The van der Waals surface area contributed by atoms with E-state index < -0.39 is 0 Å². The number of hydrogen-bond acceptors (Lipinski definition) is 7. The smallest absolute Gasteiger partial charge is 0.319 e. The Bertz CT molecular complexity index is 1290. The molecule has 1 aliphatic carbocycles. The highest BCUT2D eigenvalue weighted by atomic mass is 16.5. The van der Waals surface area contributed by atoms with E-state index in [-0.39, 0.29) is 18.2 Å². The summed E-state index contributed by atoms with van der Waals surface area (Å²) in [4.78, 5) is 24.0. The van der Waals surface area contributed by atoms with E-state index in [1.54, 1.807) is 18.3 Å². The monoisotopic (exact) mass is 512 g/mol. The predicted octanol–water partition coefficient (Wildman–Crippen LogP) is 3.87. The quantitative estimate of drug-likeness (QED) is 0.458. The molecule has 2 aliphatic rings. The summed E-state index contributed by atoms with van der Waals surface area (Å²) >= 11 is 0. The van der Waals surface area contributed by atoms with Crippen molar-refractivity contribution in [2.45, 2.75) is 44.2 Å². The fourth-order valence-corrected chi connectivity index (χ4v) is 4.94. The summed E-state index contributed by atoms with van der Waals surface area (Å²) in [6.45, 7) is 3.32.